The number of amides is 2. The molecule has 0 spiro atoms. The second kappa shape index (κ2) is 7.72. The average molecular weight is 384 g/mol. The van der Waals surface area contributed by atoms with Crippen molar-refractivity contribution in [1.82, 2.24) is 4.90 Å². The summed E-state index contributed by atoms with van der Waals surface area (Å²) < 4.78 is 13.7. The number of carbonyl (C=O) groups is 2. The van der Waals surface area contributed by atoms with Crippen LogP contribution < -0.4 is 4.90 Å². The molecular formula is C22H25FN2O3. The van der Waals surface area contributed by atoms with E-state index in [9.17, 15) is 19.1 Å². The van der Waals surface area contributed by atoms with Crippen molar-refractivity contribution in [3.63, 3.8) is 0 Å². The largest absolute Gasteiger partial charge is 0.373 e. The summed E-state index contributed by atoms with van der Waals surface area (Å²) in [6.07, 6.45) is -0.0898. The molecule has 148 valence electrons. The first-order chi connectivity index (χ1) is 13.2. The summed E-state index contributed by atoms with van der Waals surface area (Å²) in [5, 5.41) is 10.9. The van der Waals surface area contributed by atoms with Crippen LogP contribution in [0.1, 0.15) is 34.0 Å². The number of aryl methyl sites for hydroxylation is 1. The van der Waals surface area contributed by atoms with E-state index < -0.39 is 6.23 Å². The Morgan fingerprint density at radius 1 is 1.21 bits per heavy atom. The van der Waals surface area contributed by atoms with E-state index in [0.717, 1.165) is 11.1 Å². The third-order valence-corrected chi connectivity index (χ3v) is 5.29. The zero-order valence-electron chi connectivity index (χ0n) is 16.6. The number of hydrogen-bond donors (Lipinski definition) is 1. The average Bonchev–Trinajstić information content (AvgIpc) is 2.63. The maximum atomic E-state index is 13.7. The zero-order valence-corrected chi connectivity index (χ0v) is 16.6. The van der Waals surface area contributed by atoms with Crippen LogP contribution in [-0.4, -0.2) is 42.1 Å². The molecule has 5 nitrogen and oxygen atoms in total. The SMILES string of the molecule is CC(=O)N1c2ccc(F)cc2C[C@@H](Cc2cc(C(=O)N(C)C)ccc2C)[C@@H]1O. The van der Waals surface area contributed by atoms with Crippen molar-refractivity contribution in [3.05, 3.63) is 64.5 Å². The number of nitrogens with zero attached hydrogens (tertiary/aromatic N) is 2. The van der Waals surface area contributed by atoms with Gasteiger partial charge in [-0.15, -0.1) is 0 Å². The van der Waals surface area contributed by atoms with E-state index in [1.165, 1.54) is 34.9 Å². The molecule has 1 aliphatic heterocycles. The number of fused-ring (bicyclic) bond motifs is 1. The lowest BCUT2D eigenvalue weighted by atomic mass is 9.84. The molecule has 0 aromatic heterocycles. The van der Waals surface area contributed by atoms with Gasteiger partial charge in [-0.05, 0) is 66.8 Å². The van der Waals surface area contributed by atoms with E-state index in [2.05, 4.69) is 0 Å². The summed E-state index contributed by atoms with van der Waals surface area (Å²) in [6, 6.07) is 9.75. The molecule has 1 heterocycles. The number of rotatable bonds is 3. The molecule has 1 aliphatic rings. The van der Waals surface area contributed by atoms with Crippen LogP contribution in [0.25, 0.3) is 0 Å². The fourth-order valence-electron chi connectivity index (χ4n) is 3.79. The summed E-state index contributed by atoms with van der Waals surface area (Å²) in [6.45, 7) is 3.34. The lowest BCUT2D eigenvalue weighted by Crippen LogP contribution is -2.48. The minimum absolute atomic E-state index is 0.0942. The summed E-state index contributed by atoms with van der Waals surface area (Å²) >= 11 is 0. The molecule has 2 aromatic rings. The molecule has 0 bridgehead atoms. The number of carbonyl (C=O) groups excluding carboxylic acids is 2. The molecule has 2 aromatic carbocycles. The van der Waals surface area contributed by atoms with Crippen LogP contribution in [0, 0.1) is 18.7 Å². The van der Waals surface area contributed by atoms with Gasteiger partial charge in [0.15, 0.2) is 0 Å². The molecule has 0 saturated heterocycles. The van der Waals surface area contributed by atoms with Crippen LogP contribution in [0.2, 0.25) is 0 Å². The van der Waals surface area contributed by atoms with Gasteiger partial charge in [0.05, 0.1) is 0 Å². The summed E-state index contributed by atoms with van der Waals surface area (Å²) in [7, 11) is 3.39. The number of aliphatic hydroxyl groups is 1. The molecular weight excluding hydrogens is 359 g/mol. The Bertz CT molecular complexity index is 926. The number of aliphatic hydroxyl groups excluding tert-OH is 1. The maximum Gasteiger partial charge on any atom is 0.253 e. The second-order valence-electron chi connectivity index (χ2n) is 7.58. The van der Waals surface area contributed by atoms with Gasteiger partial charge < -0.3 is 10.0 Å². The Kier molecular flexibility index (Phi) is 5.52. The van der Waals surface area contributed by atoms with E-state index in [-0.39, 0.29) is 23.5 Å². The first kappa shape index (κ1) is 20.0. The summed E-state index contributed by atoms with van der Waals surface area (Å²) in [5.74, 6) is -1.06. The number of hydrogen-bond acceptors (Lipinski definition) is 3. The van der Waals surface area contributed by atoms with Gasteiger partial charge in [0.1, 0.15) is 12.0 Å². The van der Waals surface area contributed by atoms with Gasteiger partial charge in [0.2, 0.25) is 5.91 Å². The Hall–Kier alpha value is -2.73. The molecule has 28 heavy (non-hydrogen) atoms. The monoisotopic (exact) mass is 384 g/mol. The molecule has 1 N–H and O–H groups in total. The quantitative estimate of drug-likeness (QED) is 0.885. The van der Waals surface area contributed by atoms with Crippen molar-refractivity contribution >= 4 is 17.5 Å². The topological polar surface area (TPSA) is 60.9 Å². The molecule has 0 saturated carbocycles. The standard InChI is InChI=1S/C22H25FN2O3/c1-13-5-6-15(21(27)24(3)4)9-16(13)10-18-11-17-12-19(23)7-8-20(17)25(14(2)26)22(18)28/h5-9,12,18,22,28H,10-11H2,1-4H3/t18-,22+/m1/s1. The molecule has 2 amide bonds. The Morgan fingerprint density at radius 2 is 1.93 bits per heavy atom. The summed E-state index contributed by atoms with van der Waals surface area (Å²) in [4.78, 5) is 27.3. The van der Waals surface area contributed by atoms with Crippen molar-refractivity contribution in [2.75, 3.05) is 19.0 Å². The van der Waals surface area contributed by atoms with E-state index in [1.54, 1.807) is 20.2 Å². The van der Waals surface area contributed by atoms with Gasteiger partial charge in [0.25, 0.3) is 5.91 Å². The predicted octanol–water partition coefficient (Wildman–Crippen LogP) is 2.92. The van der Waals surface area contributed by atoms with Crippen molar-refractivity contribution in [2.24, 2.45) is 5.92 Å². The van der Waals surface area contributed by atoms with Crippen molar-refractivity contribution in [3.8, 4) is 0 Å². The first-order valence-electron chi connectivity index (χ1n) is 9.26. The smallest absolute Gasteiger partial charge is 0.253 e. The minimum atomic E-state index is -1.01. The Labute approximate surface area is 164 Å². The van der Waals surface area contributed by atoms with Gasteiger partial charge in [0, 0.05) is 38.2 Å². The molecule has 3 rings (SSSR count). The van der Waals surface area contributed by atoms with E-state index in [1.807, 2.05) is 19.1 Å². The lowest BCUT2D eigenvalue weighted by Gasteiger charge is -2.39. The number of halogens is 1. The van der Waals surface area contributed by atoms with Crippen LogP contribution in [0.15, 0.2) is 36.4 Å². The number of benzene rings is 2. The molecule has 0 aliphatic carbocycles. The van der Waals surface area contributed by atoms with E-state index >= 15 is 0 Å². The highest BCUT2D eigenvalue weighted by atomic mass is 19.1. The van der Waals surface area contributed by atoms with E-state index in [0.29, 0.717) is 29.7 Å². The second-order valence-corrected chi connectivity index (χ2v) is 7.58. The van der Waals surface area contributed by atoms with Crippen molar-refractivity contribution < 1.29 is 19.1 Å². The highest BCUT2D eigenvalue weighted by Gasteiger charge is 2.35. The van der Waals surface area contributed by atoms with Gasteiger partial charge in [-0.2, -0.15) is 0 Å². The van der Waals surface area contributed by atoms with Gasteiger partial charge in [-0.25, -0.2) is 4.39 Å². The van der Waals surface area contributed by atoms with Crippen LogP contribution in [0.5, 0.6) is 0 Å². The molecule has 0 fully saturated rings. The van der Waals surface area contributed by atoms with Crippen LogP contribution in [0.3, 0.4) is 0 Å². The Morgan fingerprint density at radius 3 is 2.57 bits per heavy atom. The predicted molar refractivity (Wildman–Crippen MR) is 106 cm³/mol. The lowest BCUT2D eigenvalue weighted by molar-refractivity contribution is -0.119. The molecule has 0 radical (unpaired) electrons. The van der Waals surface area contributed by atoms with Crippen molar-refractivity contribution in [1.29, 1.82) is 0 Å². The molecule has 0 unspecified atom stereocenters. The summed E-state index contributed by atoms with van der Waals surface area (Å²) in [5.41, 5.74) is 3.75. The van der Waals surface area contributed by atoms with Gasteiger partial charge in [-0.1, -0.05) is 6.07 Å². The van der Waals surface area contributed by atoms with Gasteiger partial charge in [-0.3, -0.25) is 14.5 Å². The first-order valence-corrected chi connectivity index (χ1v) is 9.26. The molecule has 2 atom stereocenters. The van der Waals surface area contributed by atoms with Crippen LogP contribution in [0.4, 0.5) is 10.1 Å². The highest BCUT2D eigenvalue weighted by molar-refractivity contribution is 5.94. The normalized spacial score (nSPS) is 18.6. The van der Waals surface area contributed by atoms with Crippen LogP contribution >= 0.6 is 0 Å². The third-order valence-electron chi connectivity index (χ3n) is 5.29. The third kappa shape index (κ3) is 3.78. The maximum absolute atomic E-state index is 13.7. The van der Waals surface area contributed by atoms with Crippen molar-refractivity contribution in [2.45, 2.75) is 32.9 Å². The highest BCUT2D eigenvalue weighted by Crippen LogP contribution is 2.35. The number of anilines is 1. The Balaban J connectivity index is 1.95. The fourth-order valence-corrected chi connectivity index (χ4v) is 3.79. The van der Waals surface area contributed by atoms with E-state index in [4.69, 9.17) is 0 Å². The minimum Gasteiger partial charge on any atom is -0.373 e. The van der Waals surface area contributed by atoms with Crippen LogP contribution in [-0.2, 0) is 17.6 Å². The van der Waals surface area contributed by atoms with Gasteiger partial charge >= 0.3 is 0 Å². The molecule has 6 heteroatoms. The zero-order chi connectivity index (χ0) is 20.6. The fraction of sp³-hybridized carbons (Fsp3) is 0.364.